The largest absolute Gasteiger partial charge is 0.494 e. The van der Waals surface area contributed by atoms with E-state index in [0.717, 1.165) is 6.07 Å². The highest BCUT2D eigenvalue weighted by Crippen LogP contribution is 2.19. The standard InChI is InChI=1S/C15H19FN4O2/c1-4-12(14-17-9-18-20(14)5-2)19-15(21)10-6-7-13(22-3)11(16)8-10/h6-9,12H,4-5H2,1-3H3,(H,19,21)/t12-/m0/s1. The molecular weight excluding hydrogens is 287 g/mol. The lowest BCUT2D eigenvalue weighted by atomic mass is 10.1. The van der Waals surface area contributed by atoms with Crippen LogP contribution < -0.4 is 10.1 Å². The normalized spacial score (nSPS) is 12.0. The van der Waals surface area contributed by atoms with Gasteiger partial charge >= 0.3 is 0 Å². The zero-order valence-corrected chi connectivity index (χ0v) is 12.8. The smallest absolute Gasteiger partial charge is 0.251 e. The second-order valence-electron chi connectivity index (χ2n) is 4.72. The molecule has 0 saturated carbocycles. The van der Waals surface area contributed by atoms with Crippen LogP contribution in [0.1, 0.15) is 42.5 Å². The van der Waals surface area contributed by atoms with Gasteiger partial charge in [0.25, 0.3) is 5.91 Å². The summed E-state index contributed by atoms with van der Waals surface area (Å²) >= 11 is 0. The Labute approximate surface area is 128 Å². The monoisotopic (exact) mass is 306 g/mol. The number of hydrogen-bond donors (Lipinski definition) is 1. The van der Waals surface area contributed by atoms with Crippen LogP contribution in [0.15, 0.2) is 24.5 Å². The molecule has 118 valence electrons. The van der Waals surface area contributed by atoms with E-state index in [-0.39, 0.29) is 23.3 Å². The minimum atomic E-state index is -0.570. The van der Waals surface area contributed by atoms with Crippen LogP contribution >= 0.6 is 0 Å². The summed E-state index contributed by atoms with van der Waals surface area (Å²) in [5.74, 6) is -0.138. The fraction of sp³-hybridized carbons (Fsp3) is 0.400. The molecule has 0 radical (unpaired) electrons. The second-order valence-corrected chi connectivity index (χ2v) is 4.72. The summed E-state index contributed by atoms with van der Waals surface area (Å²) in [6.07, 6.45) is 2.11. The van der Waals surface area contributed by atoms with Crippen molar-refractivity contribution in [1.82, 2.24) is 20.1 Å². The number of carbonyl (C=O) groups is 1. The van der Waals surface area contributed by atoms with Crippen molar-refractivity contribution in [3.8, 4) is 5.75 Å². The summed E-state index contributed by atoms with van der Waals surface area (Å²) in [6.45, 7) is 4.55. The summed E-state index contributed by atoms with van der Waals surface area (Å²) in [5.41, 5.74) is 0.235. The van der Waals surface area contributed by atoms with Crippen LogP contribution in [0.25, 0.3) is 0 Å². The molecule has 0 aliphatic carbocycles. The quantitative estimate of drug-likeness (QED) is 0.889. The van der Waals surface area contributed by atoms with Crippen molar-refractivity contribution in [3.05, 3.63) is 41.7 Å². The molecular formula is C15H19FN4O2. The number of rotatable bonds is 6. The summed E-state index contributed by atoms with van der Waals surface area (Å²) in [6, 6.07) is 3.83. The SMILES string of the molecule is CC[C@H](NC(=O)c1ccc(OC)c(F)c1)c1ncnn1CC. The molecule has 1 aromatic carbocycles. The number of nitrogens with zero attached hydrogens (tertiary/aromatic N) is 3. The van der Waals surface area contributed by atoms with Gasteiger partial charge in [-0.25, -0.2) is 14.1 Å². The van der Waals surface area contributed by atoms with E-state index in [1.165, 1.54) is 25.6 Å². The number of nitrogens with one attached hydrogen (secondary N) is 1. The molecule has 0 fully saturated rings. The molecule has 0 bridgehead atoms. The summed E-state index contributed by atoms with van der Waals surface area (Å²) in [4.78, 5) is 16.5. The molecule has 0 aliphatic rings. The minimum Gasteiger partial charge on any atom is -0.494 e. The summed E-state index contributed by atoms with van der Waals surface area (Å²) in [7, 11) is 1.38. The number of amides is 1. The average Bonchev–Trinajstić information content (AvgIpc) is 3.00. The van der Waals surface area contributed by atoms with E-state index >= 15 is 0 Å². The van der Waals surface area contributed by atoms with Crippen LogP contribution in [0.4, 0.5) is 4.39 Å². The first-order chi connectivity index (χ1) is 10.6. The van der Waals surface area contributed by atoms with Gasteiger partial charge in [-0.15, -0.1) is 0 Å². The van der Waals surface area contributed by atoms with E-state index in [2.05, 4.69) is 15.4 Å². The molecule has 2 aromatic rings. The molecule has 0 saturated heterocycles. The number of aryl methyl sites for hydroxylation is 1. The van der Waals surface area contributed by atoms with Crippen LogP contribution in [-0.4, -0.2) is 27.8 Å². The van der Waals surface area contributed by atoms with E-state index in [9.17, 15) is 9.18 Å². The highest BCUT2D eigenvalue weighted by molar-refractivity contribution is 5.94. The third-order valence-corrected chi connectivity index (χ3v) is 3.38. The highest BCUT2D eigenvalue weighted by atomic mass is 19.1. The maximum Gasteiger partial charge on any atom is 0.251 e. The van der Waals surface area contributed by atoms with Crippen molar-refractivity contribution in [2.45, 2.75) is 32.9 Å². The Morgan fingerprint density at radius 3 is 2.82 bits per heavy atom. The molecule has 0 spiro atoms. The van der Waals surface area contributed by atoms with Gasteiger partial charge in [0.05, 0.1) is 13.2 Å². The lowest BCUT2D eigenvalue weighted by Crippen LogP contribution is -2.30. The Bertz CT molecular complexity index is 657. The van der Waals surface area contributed by atoms with Crippen LogP contribution in [-0.2, 0) is 6.54 Å². The van der Waals surface area contributed by atoms with E-state index in [4.69, 9.17) is 4.74 Å². The van der Waals surface area contributed by atoms with Crippen LogP contribution in [0.3, 0.4) is 0 Å². The molecule has 2 rings (SSSR count). The van der Waals surface area contributed by atoms with Crippen molar-refractivity contribution in [3.63, 3.8) is 0 Å². The Morgan fingerprint density at radius 1 is 1.45 bits per heavy atom. The van der Waals surface area contributed by atoms with E-state index < -0.39 is 5.82 Å². The Morgan fingerprint density at radius 2 is 2.23 bits per heavy atom. The zero-order valence-electron chi connectivity index (χ0n) is 12.8. The van der Waals surface area contributed by atoms with Gasteiger partial charge in [0.15, 0.2) is 11.6 Å². The highest BCUT2D eigenvalue weighted by Gasteiger charge is 2.19. The Balaban J connectivity index is 2.17. The number of methoxy groups -OCH3 is 1. The van der Waals surface area contributed by atoms with Gasteiger partial charge in [0, 0.05) is 12.1 Å². The maximum atomic E-state index is 13.7. The zero-order chi connectivity index (χ0) is 16.1. The fourth-order valence-electron chi connectivity index (χ4n) is 2.18. The predicted molar refractivity (Wildman–Crippen MR) is 79.1 cm³/mol. The second kappa shape index (κ2) is 7.02. The maximum absolute atomic E-state index is 13.7. The number of hydrogen-bond acceptors (Lipinski definition) is 4. The Hall–Kier alpha value is -2.44. The molecule has 1 aromatic heterocycles. The molecule has 1 atom stereocenters. The van der Waals surface area contributed by atoms with Crippen molar-refractivity contribution < 1.29 is 13.9 Å². The van der Waals surface area contributed by atoms with Crippen molar-refractivity contribution in [2.24, 2.45) is 0 Å². The van der Waals surface area contributed by atoms with Gasteiger partial charge in [-0.2, -0.15) is 5.10 Å². The summed E-state index contributed by atoms with van der Waals surface area (Å²) in [5, 5.41) is 6.95. The van der Waals surface area contributed by atoms with Gasteiger partial charge < -0.3 is 10.1 Å². The first-order valence-corrected chi connectivity index (χ1v) is 7.12. The lowest BCUT2D eigenvalue weighted by Gasteiger charge is -2.17. The van der Waals surface area contributed by atoms with E-state index in [1.54, 1.807) is 4.68 Å². The van der Waals surface area contributed by atoms with Crippen LogP contribution in [0.5, 0.6) is 5.75 Å². The molecule has 7 heteroatoms. The molecule has 0 aliphatic heterocycles. The lowest BCUT2D eigenvalue weighted by molar-refractivity contribution is 0.0932. The first-order valence-electron chi connectivity index (χ1n) is 7.12. The topological polar surface area (TPSA) is 69.0 Å². The van der Waals surface area contributed by atoms with Crippen molar-refractivity contribution in [2.75, 3.05) is 7.11 Å². The molecule has 22 heavy (non-hydrogen) atoms. The van der Waals surface area contributed by atoms with Gasteiger partial charge in [-0.05, 0) is 31.5 Å². The summed E-state index contributed by atoms with van der Waals surface area (Å²) < 4.78 is 20.3. The fourth-order valence-corrected chi connectivity index (χ4v) is 2.18. The van der Waals surface area contributed by atoms with Gasteiger partial charge in [0.2, 0.25) is 0 Å². The van der Waals surface area contributed by atoms with Crippen LogP contribution in [0.2, 0.25) is 0 Å². The number of halogens is 1. The predicted octanol–water partition coefficient (Wildman–Crippen LogP) is 2.33. The third kappa shape index (κ3) is 3.24. The number of benzene rings is 1. The third-order valence-electron chi connectivity index (χ3n) is 3.38. The van der Waals surface area contributed by atoms with E-state index in [0.29, 0.717) is 18.8 Å². The van der Waals surface area contributed by atoms with Crippen molar-refractivity contribution in [1.29, 1.82) is 0 Å². The van der Waals surface area contributed by atoms with Gasteiger partial charge in [0.1, 0.15) is 12.2 Å². The number of aromatic nitrogens is 3. The molecule has 0 unspecified atom stereocenters. The number of carbonyl (C=O) groups excluding carboxylic acids is 1. The Kier molecular flexibility index (Phi) is 5.08. The van der Waals surface area contributed by atoms with Crippen molar-refractivity contribution >= 4 is 5.91 Å². The van der Waals surface area contributed by atoms with Gasteiger partial charge in [-0.1, -0.05) is 6.92 Å². The molecule has 6 nitrogen and oxygen atoms in total. The molecule has 1 N–H and O–H groups in total. The first kappa shape index (κ1) is 15.9. The molecule has 1 heterocycles. The van der Waals surface area contributed by atoms with E-state index in [1.807, 2.05) is 13.8 Å². The van der Waals surface area contributed by atoms with Crippen LogP contribution in [0, 0.1) is 5.82 Å². The average molecular weight is 306 g/mol. The number of ether oxygens (including phenoxy) is 1. The molecule has 1 amide bonds. The van der Waals surface area contributed by atoms with Gasteiger partial charge in [-0.3, -0.25) is 4.79 Å². The minimum absolute atomic E-state index is 0.106.